The second-order valence-electron chi connectivity index (χ2n) is 4.67. The summed E-state index contributed by atoms with van der Waals surface area (Å²) in [4.78, 5) is 9.09. The Kier molecular flexibility index (Phi) is 3.69. The van der Waals surface area contributed by atoms with Crippen LogP contribution in [-0.2, 0) is 16.8 Å². The molecule has 1 aliphatic carbocycles. The summed E-state index contributed by atoms with van der Waals surface area (Å²) in [5, 5.41) is 0.565. The fourth-order valence-electron chi connectivity index (χ4n) is 2.55. The molecule has 0 saturated heterocycles. The van der Waals surface area contributed by atoms with Crippen molar-refractivity contribution >= 4 is 11.6 Å². The Bertz CT molecular complexity index is 414. The van der Waals surface area contributed by atoms with Gasteiger partial charge in [0, 0.05) is 18.4 Å². The molecule has 0 bridgehead atoms. The van der Waals surface area contributed by atoms with Gasteiger partial charge in [0.2, 0.25) is 0 Å². The minimum atomic E-state index is -0.304. The van der Waals surface area contributed by atoms with Gasteiger partial charge in [-0.1, -0.05) is 18.5 Å². The van der Waals surface area contributed by atoms with Crippen molar-refractivity contribution in [1.82, 2.24) is 9.97 Å². The van der Waals surface area contributed by atoms with E-state index in [1.807, 2.05) is 6.92 Å². The van der Waals surface area contributed by atoms with Gasteiger partial charge < -0.3 is 4.74 Å². The Morgan fingerprint density at radius 2 is 1.94 bits per heavy atom. The molecule has 1 aliphatic rings. The van der Waals surface area contributed by atoms with E-state index in [2.05, 4.69) is 16.9 Å². The van der Waals surface area contributed by atoms with Gasteiger partial charge >= 0.3 is 0 Å². The van der Waals surface area contributed by atoms with Crippen LogP contribution in [-0.4, -0.2) is 17.1 Å². The summed E-state index contributed by atoms with van der Waals surface area (Å²) in [6.07, 6.45) is 5.20. The third-order valence-corrected chi connectivity index (χ3v) is 4.10. The summed E-state index contributed by atoms with van der Waals surface area (Å²) < 4.78 is 5.70. The van der Waals surface area contributed by atoms with E-state index < -0.39 is 0 Å². The van der Waals surface area contributed by atoms with Crippen LogP contribution >= 0.6 is 11.6 Å². The monoisotopic (exact) mass is 254 g/mol. The van der Waals surface area contributed by atoms with E-state index in [0.29, 0.717) is 5.15 Å². The van der Waals surface area contributed by atoms with Crippen LogP contribution < -0.4 is 0 Å². The SMILES string of the molecule is CCc1nc(C2(OC)CCCC2)nc(Cl)c1C. The topological polar surface area (TPSA) is 35.0 Å². The van der Waals surface area contributed by atoms with Gasteiger partial charge in [0.1, 0.15) is 10.8 Å². The van der Waals surface area contributed by atoms with Crippen LogP contribution in [0.1, 0.15) is 49.7 Å². The van der Waals surface area contributed by atoms with E-state index in [1.54, 1.807) is 7.11 Å². The van der Waals surface area contributed by atoms with Crippen LogP contribution in [0.2, 0.25) is 5.15 Å². The Morgan fingerprint density at radius 3 is 2.47 bits per heavy atom. The maximum atomic E-state index is 6.19. The average Bonchev–Trinajstić information content (AvgIpc) is 2.82. The lowest BCUT2D eigenvalue weighted by molar-refractivity contribution is -0.0164. The molecular weight excluding hydrogens is 236 g/mol. The summed E-state index contributed by atoms with van der Waals surface area (Å²) in [6.45, 7) is 4.06. The fraction of sp³-hybridized carbons (Fsp3) is 0.692. The maximum Gasteiger partial charge on any atom is 0.162 e. The fourth-order valence-corrected chi connectivity index (χ4v) is 2.73. The highest BCUT2D eigenvalue weighted by Crippen LogP contribution is 2.40. The van der Waals surface area contributed by atoms with E-state index in [4.69, 9.17) is 16.3 Å². The summed E-state index contributed by atoms with van der Waals surface area (Å²) in [6, 6.07) is 0. The number of hydrogen-bond donors (Lipinski definition) is 0. The van der Waals surface area contributed by atoms with Gasteiger partial charge in [-0.25, -0.2) is 9.97 Å². The zero-order valence-electron chi connectivity index (χ0n) is 10.7. The zero-order chi connectivity index (χ0) is 12.5. The van der Waals surface area contributed by atoms with E-state index >= 15 is 0 Å². The maximum absolute atomic E-state index is 6.19. The molecule has 0 spiro atoms. The van der Waals surface area contributed by atoms with Crippen LogP contribution in [0.15, 0.2) is 0 Å². The number of aryl methyl sites for hydroxylation is 1. The lowest BCUT2D eigenvalue weighted by Crippen LogP contribution is -2.28. The number of ether oxygens (including phenoxy) is 1. The van der Waals surface area contributed by atoms with Crippen LogP contribution in [0, 0.1) is 6.92 Å². The standard InChI is InChI=1S/C13H19ClN2O/c1-4-10-9(2)11(14)16-12(15-10)13(17-3)7-5-6-8-13/h4-8H2,1-3H3. The van der Waals surface area contributed by atoms with Crippen molar-refractivity contribution in [2.75, 3.05) is 7.11 Å². The Labute approximate surface area is 108 Å². The van der Waals surface area contributed by atoms with Crippen molar-refractivity contribution in [1.29, 1.82) is 0 Å². The number of hydrogen-bond acceptors (Lipinski definition) is 3. The van der Waals surface area contributed by atoms with Gasteiger partial charge in [-0.15, -0.1) is 0 Å². The Hall–Kier alpha value is -0.670. The molecule has 17 heavy (non-hydrogen) atoms. The number of halogens is 1. The summed E-state index contributed by atoms with van der Waals surface area (Å²) >= 11 is 6.19. The van der Waals surface area contributed by atoms with Crippen molar-refractivity contribution in [2.45, 2.75) is 51.6 Å². The Morgan fingerprint density at radius 1 is 1.29 bits per heavy atom. The van der Waals surface area contributed by atoms with E-state index in [-0.39, 0.29) is 5.60 Å². The normalized spacial score (nSPS) is 18.6. The third kappa shape index (κ3) is 2.18. The number of nitrogens with zero attached hydrogens (tertiary/aromatic N) is 2. The minimum Gasteiger partial charge on any atom is -0.370 e. The van der Waals surface area contributed by atoms with Crippen molar-refractivity contribution in [3.8, 4) is 0 Å². The molecule has 0 aliphatic heterocycles. The van der Waals surface area contributed by atoms with Crippen LogP contribution in [0.25, 0.3) is 0 Å². The van der Waals surface area contributed by atoms with E-state index in [9.17, 15) is 0 Å². The first-order valence-corrected chi connectivity index (χ1v) is 6.59. The third-order valence-electron chi connectivity index (χ3n) is 3.73. The predicted molar refractivity (Wildman–Crippen MR) is 68.3 cm³/mol. The van der Waals surface area contributed by atoms with Gasteiger partial charge in [0.25, 0.3) is 0 Å². The molecule has 0 N–H and O–H groups in total. The van der Waals surface area contributed by atoms with Crippen LogP contribution in [0.4, 0.5) is 0 Å². The molecule has 0 amide bonds. The van der Waals surface area contributed by atoms with Gasteiger partial charge in [-0.3, -0.25) is 0 Å². The minimum absolute atomic E-state index is 0.304. The molecule has 1 heterocycles. The zero-order valence-corrected chi connectivity index (χ0v) is 11.5. The second kappa shape index (κ2) is 4.91. The first-order valence-electron chi connectivity index (χ1n) is 6.21. The molecule has 3 nitrogen and oxygen atoms in total. The van der Waals surface area contributed by atoms with Crippen molar-refractivity contribution < 1.29 is 4.74 Å². The number of methoxy groups -OCH3 is 1. The van der Waals surface area contributed by atoms with Crippen molar-refractivity contribution in [3.63, 3.8) is 0 Å². The molecule has 4 heteroatoms. The first-order chi connectivity index (χ1) is 8.13. The molecule has 1 saturated carbocycles. The molecule has 1 fully saturated rings. The van der Waals surface area contributed by atoms with Crippen LogP contribution in [0.5, 0.6) is 0 Å². The molecular formula is C13H19ClN2O. The summed E-state index contributed by atoms with van der Waals surface area (Å²) in [5.74, 6) is 0.768. The number of aromatic nitrogens is 2. The summed E-state index contributed by atoms with van der Waals surface area (Å²) in [7, 11) is 1.74. The Balaban J connectivity index is 2.48. The molecule has 0 unspecified atom stereocenters. The number of rotatable bonds is 3. The highest BCUT2D eigenvalue weighted by molar-refractivity contribution is 6.30. The molecule has 0 radical (unpaired) electrons. The molecule has 0 atom stereocenters. The quantitative estimate of drug-likeness (QED) is 0.776. The average molecular weight is 255 g/mol. The summed E-state index contributed by atoms with van der Waals surface area (Å²) in [5.41, 5.74) is 1.71. The van der Waals surface area contributed by atoms with Crippen LogP contribution in [0.3, 0.4) is 0 Å². The molecule has 2 rings (SSSR count). The molecule has 1 aromatic rings. The van der Waals surface area contributed by atoms with Crippen molar-refractivity contribution in [2.24, 2.45) is 0 Å². The van der Waals surface area contributed by atoms with E-state index in [1.165, 1.54) is 12.8 Å². The molecule has 0 aromatic carbocycles. The smallest absolute Gasteiger partial charge is 0.162 e. The van der Waals surface area contributed by atoms with Gasteiger partial charge in [-0.05, 0) is 39.0 Å². The predicted octanol–water partition coefficient (Wildman–Crippen LogP) is 3.42. The van der Waals surface area contributed by atoms with Gasteiger partial charge in [-0.2, -0.15) is 0 Å². The largest absolute Gasteiger partial charge is 0.370 e. The lowest BCUT2D eigenvalue weighted by atomic mass is 10.0. The van der Waals surface area contributed by atoms with E-state index in [0.717, 1.165) is 36.3 Å². The van der Waals surface area contributed by atoms with Gasteiger partial charge in [0.15, 0.2) is 5.82 Å². The van der Waals surface area contributed by atoms with Crippen molar-refractivity contribution in [3.05, 3.63) is 22.2 Å². The highest BCUT2D eigenvalue weighted by atomic mass is 35.5. The first kappa shape index (κ1) is 12.8. The molecule has 94 valence electrons. The second-order valence-corrected chi connectivity index (χ2v) is 5.03. The van der Waals surface area contributed by atoms with Gasteiger partial charge in [0.05, 0.1) is 0 Å². The lowest BCUT2D eigenvalue weighted by Gasteiger charge is -2.26. The molecule has 1 aromatic heterocycles. The highest BCUT2D eigenvalue weighted by Gasteiger charge is 2.39.